The Balaban J connectivity index is 2.18. The lowest BCUT2D eigenvalue weighted by atomic mass is 10.0. The Morgan fingerprint density at radius 3 is 3.23 bits per heavy atom. The molecule has 1 aliphatic rings. The number of hydrogen-bond acceptors (Lipinski definition) is 4. The number of hydrazone groups is 1. The molecular formula is C8H14N2O3. The van der Waals surface area contributed by atoms with Crippen LogP contribution in [0.15, 0.2) is 5.10 Å². The number of nitrogens with zero attached hydrogens (tertiary/aromatic N) is 1. The van der Waals surface area contributed by atoms with Crippen LogP contribution < -0.4 is 5.43 Å². The molecule has 0 aromatic rings. The highest BCUT2D eigenvalue weighted by Gasteiger charge is 2.10. The first-order chi connectivity index (χ1) is 6.33. The van der Waals surface area contributed by atoms with E-state index >= 15 is 0 Å². The third-order valence-electron chi connectivity index (χ3n) is 1.81. The Hall–Kier alpha value is -0.940. The zero-order chi connectivity index (χ0) is 9.52. The van der Waals surface area contributed by atoms with Crippen molar-refractivity contribution in [1.29, 1.82) is 0 Å². The molecule has 1 atom stereocenters. The van der Waals surface area contributed by atoms with E-state index in [2.05, 4.69) is 10.5 Å². The zero-order valence-electron chi connectivity index (χ0n) is 7.40. The Labute approximate surface area is 76.8 Å². The van der Waals surface area contributed by atoms with E-state index in [0.29, 0.717) is 6.61 Å². The van der Waals surface area contributed by atoms with Crippen LogP contribution in [0.25, 0.3) is 0 Å². The summed E-state index contributed by atoms with van der Waals surface area (Å²) in [4.78, 5) is 10.5. The lowest BCUT2D eigenvalue weighted by Gasteiger charge is -2.17. The van der Waals surface area contributed by atoms with Gasteiger partial charge in [0.25, 0.3) is 5.91 Å². The maximum atomic E-state index is 10.5. The van der Waals surface area contributed by atoms with E-state index < -0.39 is 12.5 Å². The van der Waals surface area contributed by atoms with Gasteiger partial charge >= 0.3 is 0 Å². The molecule has 1 rings (SSSR count). The van der Waals surface area contributed by atoms with Crippen molar-refractivity contribution in [3.8, 4) is 0 Å². The zero-order valence-corrected chi connectivity index (χ0v) is 7.40. The molecule has 1 unspecified atom stereocenters. The highest BCUT2D eigenvalue weighted by Crippen LogP contribution is 2.10. The third-order valence-corrected chi connectivity index (χ3v) is 1.81. The number of carbonyl (C=O) groups is 1. The smallest absolute Gasteiger partial charge is 0.265 e. The van der Waals surface area contributed by atoms with Gasteiger partial charge in [-0.15, -0.1) is 0 Å². The normalized spacial score (nSPS) is 23.3. The van der Waals surface area contributed by atoms with Crippen LogP contribution in [0.4, 0.5) is 0 Å². The van der Waals surface area contributed by atoms with E-state index in [-0.39, 0.29) is 5.92 Å². The molecule has 1 aliphatic heterocycles. The largest absolute Gasteiger partial charge is 0.386 e. The number of ether oxygens (including phenoxy) is 1. The molecule has 1 fully saturated rings. The lowest BCUT2D eigenvalue weighted by molar-refractivity contribution is -0.123. The summed E-state index contributed by atoms with van der Waals surface area (Å²) >= 11 is 0. The van der Waals surface area contributed by atoms with Crippen molar-refractivity contribution in [2.45, 2.75) is 12.8 Å². The molecule has 0 aromatic heterocycles. The highest BCUT2D eigenvalue weighted by atomic mass is 16.5. The molecule has 0 saturated carbocycles. The summed E-state index contributed by atoms with van der Waals surface area (Å²) in [6.07, 6.45) is 3.73. The second-order valence-electron chi connectivity index (χ2n) is 2.95. The first-order valence-corrected chi connectivity index (χ1v) is 4.33. The predicted octanol–water partition coefficient (Wildman–Crippen LogP) is -0.493. The number of nitrogens with one attached hydrogen (secondary N) is 1. The monoisotopic (exact) mass is 186 g/mol. The Morgan fingerprint density at radius 2 is 2.62 bits per heavy atom. The van der Waals surface area contributed by atoms with Gasteiger partial charge in [-0.1, -0.05) is 0 Å². The fraction of sp³-hybridized carbons (Fsp3) is 0.750. The van der Waals surface area contributed by atoms with Crippen LogP contribution in [-0.2, 0) is 9.53 Å². The number of rotatable bonds is 3. The van der Waals surface area contributed by atoms with Crippen LogP contribution in [0.1, 0.15) is 12.8 Å². The van der Waals surface area contributed by atoms with Crippen molar-refractivity contribution in [2.24, 2.45) is 11.0 Å². The Morgan fingerprint density at radius 1 is 1.77 bits per heavy atom. The first-order valence-electron chi connectivity index (χ1n) is 4.33. The quantitative estimate of drug-likeness (QED) is 0.461. The van der Waals surface area contributed by atoms with Crippen LogP contribution in [-0.4, -0.2) is 37.0 Å². The van der Waals surface area contributed by atoms with Crippen molar-refractivity contribution in [2.75, 3.05) is 19.8 Å². The van der Waals surface area contributed by atoms with Gasteiger partial charge in [-0.2, -0.15) is 5.10 Å². The molecule has 0 aliphatic carbocycles. The van der Waals surface area contributed by atoms with Crippen molar-refractivity contribution >= 4 is 12.1 Å². The Kier molecular flexibility index (Phi) is 4.42. The van der Waals surface area contributed by atoms with Gasteiger partial charge < -0.3 is 9.84 Å². The van der Waals surface area contributed by atoms with Crippen LogP contribution >= 0.6 is 0 Å². The number of aliphatic hydroxyl groups excluding tert-OH is 1. The molecule has 2 N–H and O–H groups in total. The standard InChI is InChI=1S/C8H14N2O3/c11-5-8(12)10-9-4-7-2-1-3-13-6-7/h4,7,11H,1-3,5-6H2,(H,10,12)/b9-4+. The number of carbonyl (C=O) groups excluding carboxylic acids is 1. The lowest BCUT2D eigenvalue weighted by Crippen LogP contribution is -2.23. The average Bonchev–Trinajstić information content (AvgIpc) is 2.19. The summed E-state index contributed by atoms with van der Waals surface area (Å²) in [5.41, 5.74) is 2.20. The predicted molar refractivity (Wildman–Crippen MR) is 47.3 cm³/mol. The van der Waals surface area contributed by atoms with E-state index in [4.69, 9.17) is 9.84 Å². The topological polar surface area (TPSA) is 70.9 Å². The van der Waals surface area contributed by atoms with E-state index in [0.717, 1.165) is 19.4 Å². The van der Waals surface area contributed by atoms with Gasteiger partial charge in [0.15, 0.2) is 0 Å². The fourth-order valence-corrected chi connectivity index (χ4v) is 1.13. The van der Waals surface area contributed by atoms with E-state index in [1.54, 1.807) is 6.21 Å². The molecule has 1 saturated heterocycles. The summed E-state index contributed by atoms with van der Waals surface area (Å²) in [7, 11) is 0. The van der Waals surface area contributed by atoms with Crippen LogP contribution in [0.5, 0.6) is 0 Å². The summed E-state index contributed by atoms with van der Waals surface area (Å²) < 4.78 is 5.21. The Bertz CT molecular complexity index is 188. The molecule has 74 valence electrons. The number of hydrogen-bond donors (Lipinski definition) is 2. The highest BCUT2D eigenvalue weighted by molar-refractivity contribution is 5.77. The number of amides is 1. The van der Waals surface area contributed by atoms with E-state index in [1.165, 1.54) is 0 Å². The molecule has 13 heavy (non-hydrogen) atoms. The van der Waals surface area contributed by atoms with Crippen LogP contribution in [0.3, 0.4) is 0 Å². The molecule has 5 heteroatoms. The molecule has 1 amide bonds. The van der Waals surface area contributed by atoms with Crippen LogP contribution in [0, 0.1) is 5.92 Å². The average molecular weight is 186 g/mol. The van der Waals surface area contributed by atoms with Gasteiger partial charge in [-0.3, -0.25) is 4.79 Å². The van der Waals surface area contributed by atoms with Gasteiger partial charge in [0.2, 0.25) is 0 Å². The first kappa shape index (κ1) is 10.1. The minimum absolute atomic E-state index is 0.285. The molecule has 5 nitrogen and oxygen atoms in total. The number of aliphatic hydroxyl groups is 1. The second kappa shape index (κ2) is 5.66. The molecule has 0 aromatic carbocycles. The summed E-state index contributed by atoms with van der Waals surface area (Å²) in [5.74, 6) is -0.208. The third kappa shape index (κ3) is 4.00. The van der Waals surface area contributed by atoms with E-state index in [9.17, 15) is 4.79 Å². The summed E-state index contributed by atoms with van der Waals surface area (Å²) in [6.45, 7) is 0.949. The van der Waals surface area contributed by atoms with Crippen molar-refractivity contribution in [1.82, 2.24) is 5.43 Å². The van der Waals surface area contributed by atoms with Crippen molar-refractivity contribution in [3.63, 3.8) is 0 Å². The molecule has 0 spiro atoms. The van der Waals surface area contributed by atoms with Gasteiger partial charge in [-0.25, -0.2) is 5.43 Å². The molecule has 0 bridgehead atoms. The SMILES string of the molecule is O=C(CO)N/N=C/C1CCCOC1. The van der Waals surface area contributed by atoms with Gasteiger partial charge in [0.1, 0.15) is 6.61 Å². The molecular weight excluding hydrogens is 172 g/mol. The fourth-order valence-electron chi connectivity index (χ4n) is 1.13. The second-order valence-corrected chi connectivity index (χ2v) is 2.95. The van der Waals surface area contributed by atoms with Gasteiger partial charge in [-0.05, 0) is 12.8 Å². The molecule has 1 heterocycles. The maximum Gasteiger partial charge on any atom is 0.265 e. The van der Waals surface area contributed by atoms with Crippen LogP contribution in [0.2, 0.25) is 0 Å². The maximum absolute atomic E-state index is 10.5. The van der Waals surface area contributed by atoms with Crippen molar-refractivity contribution < 1.29 is 14.6 Å². The molecule has 0 radical (unpaired) electrons. The van der Waals surface area contributed by atoms with Gasteiger partial charge in [0, 0.05) is 18.7 Å². The van der Waals surface area contributed by atoms with E-state index in [1.807, 2.05) is 0 Å². The minimum atomic E-state index is -0.529. The van der Waals surface area contributed by atoms with Crippen molar-refractivity contribution in [3.05, 3.63) is 0 Å². The van der Waals surface area contributed by atoms with Gasteiger partial charge in [0.05, 0.1) is 6.61 Å². The summed E-state index contributed by atoms with van der Waals surface area (Å²) in [6, 6.07) is 0. The minimum Gasteiger partial charge on any atom is -0.386 e. The summed E-state index contributed by atoms with van der Waals surface area (Å²) in [5, 5.41) is 12.1.